The minimum atomic E-state index is -4.83. The van der Waals surface area contributed by atoms with Crippen molar-refractivity contribution in [2.75, 3.05) is 6.61 Å². The third kappa shape index (κ3) is 5.27. The van der Waals surface area contributed by atoms with Crippen molar-refractivity contribution in [2.24, 2.45) is 0 Å². The monoisotopic (exact) mass is 450 g/mol. The normalized spacial score (nSPS) is 15.5. The van der Waals surface area contributed by atoms with E-state index in [4.69, 9.17) is 9.47 Å². The largest absolute Gasteiger partial charge is 0.573 e. The van der Waals surface area contributed by atoms with E-state index in [1.54, 1.807) is 30.3 Å². The van der Waals surface area contributed by atoms with Gasteiger partial charge < -0.3 is 29.6 Å². The van der Waals surface area contributed by atoms with Crippen molar-refractivity contribution in [3.8, 4) is 23.3 Å². The molecular weight excluding hydrogens is 433 g/mol. The van der Waals surface area contributed by atoms with Crippen LogP contribution < -0.4 is 19.5 Å². The highest BCUT2D eigenvalue weighted by atomic mass is 19.4. The van der Waals surface area contributed by atoms with Crippen molar-refractivity contribution in [3.63, 3.8) is 0 Å². The highest BCUT2D eigenvalue weighted by molar-refractivity contribution is 5.43. The van der Waals surface area contributed by atoms with Gasteiger partial charge in [-0.2, -0.15) is 0 Å². The summed E-state index contributed by atoms with van der Waals surface area (Å²) in [5.41, 5.74) is 0.589. The first-order chi connectivity index (χ1) is 15.3. The Morgan fingerprint density at radius 3 is 2.72 bits per heavy atom. The van der Waals surface area contributed by atoms with Gasteiger partial charge in [-0.1, -0.05) is 24.3 Å². The molecule has 1 atom stereocenters. The molecule has 0 saturated carbocycles. The predicted molar refractivity (Wildman–Crippen MR) is 105 cm³/mol. The summed E-state index contributed by atoms with van der Waals surface area (Å²) in [6, 6.07) is 12.4. The summed E-state index contributed by atoms with van der Waals surface area (Å²) in [5, 5.41) is 14.1. The second kappa shape index (κ2) is 8.75. The quantitative estimate of drug-likeness (QED) is 0.428. The minimum absolute atomic E-state index is 0.163. The van der Waals surface area contributed by atoms with Gasteiger partial charge in [0.25, 0.3) is 0 Å². The van der Waals surface area contributed by atoms with Gasteiger partial charge in [0, 0.05) is 29.7 Å². The van der Waals surface area contributed by atoms with E-state index in [9.17, 15) is 23.3 Å². The third-order valence-electron chi connectivity index (χ3n) is 4.57. The van der Waals surface area contributed by atoms with Gasteiger partial charge in [-0.05, 0) is 23.1 Å². The molecule has 168 valence electrons. The van der Waals surface area contributed by atoms with Crippen molar-refractivity contribution >= 4 is 5.82 Å². The van der Waals surface area contributed by atoms with Crippen molar-refractivity contribution < 1.29 is 32.3 Å². The number of para-hydroxylation sites is 1. The second-order valence-electron chi connectivity index (χ2n) is 6.91. The molecule has 2 aromatic carbocycles. The molecule has 12 heteroatoms. The van der Waals surface area contributed by atoms with Crippen molar-refractivity contribution in [1.82, 2.24) is 14.9 Å². The minimum Gasteiger partial charge on any atom is -0.457 e. The van der Waals surface area contributed by atoms with Crippen LogP contribution in [0.5, 0.6) is 23.3 Å². The van der Waals surface area contributed by atoms with E-state index < -0.39 is 17.0 Å². The molecule has 0 unspecified atom stereocenters. The van der Waals surface area contributed by atoms with E-state index in [0.29, 0.717) is 17.9 Å². The number of hydrogen-bond donors (Lipinski definition) is 1. The number of nitro groups is 1. The third-order valence-corrected chi connectivity index (χ3v) is 4.57. The Labute approximate surface area is 179 Å². The zero-order valence-electron chi connectivity index (χ0n) is 16.4. The lowest BCUT2D eigenvalue weighted by Crippen LogP contribution is -2.41. The Bertz CT molecular complexity index is 1100. The van der Waals surface area contributed by atoms with Crippen LogP contribution >= 0.6 is 0 Å². The van der Waals surface area contributed by atoms with Crippen LogP contribution in [0.2, 0.25) is 0 Å². The molecule has 0 amide bonds. The molecule has 0 fully saturated rings. The Morgan fingerprint density at radius 2 is 2.00 bits per heavy atom. The maximum absolute atomic E-state index is 12.6. The second-order valence-corrected chi connectivity index (χ2v) is 6.91. The van der Waals surface area contributed by atoms with E-state index in [1.807, 2.05) is 0 Å². The molecule has 1 aliphatic rings. The summed E-state index contributed by atoms with van der Waals surface area (Å²) in [7, 11) is 0. The molecule has 9 nitrogen and oxygen atoms in total. The number of benzene rings is 2. The number of halogens is 3. The number of nitrogens with one attached hydrogen (secondary N) is 1. The molecule has 0 bridgehead atoms. The molecule has 1 aliphatic heterocycles. The number of alkyl halides is 3. The van der Waals surface area contributed by atoms with E-state index in [-0.39, 0.29) is 36.8 Å². The van der Waals surface area contributed by atoms with Crippen LogP contribution in [-0.2, 0) is 13.1 Å². The summed E-state index contributed by atoms with van der Waals surface area (Å²) >= 11 is 0. The summed E-state index contributed by atoms with van der Waals surface area (Å²) < 4.78 is 54.7. The topological polar surface area (TPSA) is 101 Å². The molecule has 2 heterocycles. The first-order valence-corrected chi connectivity index (χ1v) is 9.46. The standard InChI is InChI=1S/C20H17F3N4O5/c21-20(22,23)32-16-7-6-13(17(8-16)31-15-4-2-1-3-5-15)9-24-14-10-26-11-18(27(28)29)25-19(26)30-12-14/h1-8,11,14,24H,9-10,12H2/t14-/m0/s1. The van der Waals surface area contributed by atoms with Gasteiger partial charge in [0.2, 0.25) is 0 Å². The maximum atomic E-state index is 12.6. The fourth-order valence-electron chi connectivity index (χ4n) is 3.15. The van der Waals surface area contributed by atoms with Gasteiger partial charge in [0.15, 0.2) is 0 Å². The van der Waals surface area contributed by atoms with E-state index in [1.165, 1.54) is 29.0 Å². The maximum Gasteiger partial charge on any atom is 0.573 e. The van der Waals surface area contributed by atoms with Gasteiger partial charge in [0.05, 0.1) is 6.04 Å². The highest BCUT2D eigenvalue weighted by Gasteiger charge is 2.31. The first kappa shape index (κ1) is 21.4. The summed E-state index contributed by atoms with van der Waals surface area (Å²) in [6.45, 7) is 0.841. The Kier molecular flexibility index (Phi) is 5.86. The zero-order valence-corrected chi connectivity index (χ0v) is 16.4. The lowest BCUT2D eigenvalue weighted by molar-refractivity contribution is -0.389. The van der Waals surface area contributed by atoms with Gasteiger partial charge in [0.1, 0.15) is 30.1 Å². The van der Waals surface area contributed by atoms with Crippen LogP contribution in [0.3, 0.4) is 0 Å². The lowest BCUT2D eigenvalue weighted by atomic mass is 10.1. The van der Waals surface area contributed by atoms with Crippen LogP contribution in [-0.4, -0.2) is 33.5 Å². The number of rotatable bonds is 7. The highest BCUT2D eigenvalue weighted by Crippen LogP contribution is 2.32. The number of ether oxygens (including phenoxy) is 3. The van der Waals surface area contributed by atoms with Gasteiger partial charge in [-0.15, -0.1) is 13.2 Å². The molecule has 32 heavy (non-hydrogen) atoms. The number of hydrogen-bond acceptors (Lipinski definition) is 7. The van der Waals surface area contributed by atoms with E-state index >= 15 is 0 Å². The number of nitrogens with zero attached hydrogens (tertiary/aromatic N) is 3. The zero-order chi connectivity index (χ0) is 22.7. The summed E-state index contributed by atoms with van der Waals surface area (Å²) in [6.07, 6.45) is -3.54. The summed E-state index contributed by atoms with van der Waals surface area (Å²) in [5.74, 6) is -0.0570. The van der Waals surface area contributed by atoms with Crippen molar-refractivity contribution in [2.45, 2.75) is 25.5 Å². The fraction of sp³-hybridized carbons (Fsp3) is 0.250. The average Bonchev–Trinajstić information content (AvgIpc) is 3.17. The van der Waals surface area contributed by atoms with Crippen LogP contribution in [0.4, 0.5) is 19.0 Å². The molecule has 1 N–H and O–H groups in total. The molecule has 0 radical (unpaired) electrons. The van der Waals surface area contributed by atoms with E-state index in [0.717, 1.165) is 0 Å². The first-order valence-electron chi connectivity index (χ1n) is 9.46. The van der Waals surface area contributed by atoms with Crippen LogP contribution in [0.1, 0.15) is 5.56 Å². The number of imidazole rings is 1. The van der Waals surface area contributed by atoms with Gasteiger partial charge in [-0.3, -0.25) is 4.57 Å². The molecular formula is C20H17F3N4O5. The van der Waals surface area contributed by atoms with Crippen molar-refractivity contribution in [1.29, 1.82) is 0 Å². The molecule has 0 spiro atoms. The molecule has 4 rings (SSSR count). The number of aromatic nitrogens is 2. The van der Waals surface area contributed by atoms with Crippen molar-refractivity contribution in [3.05, 3.63) is 70.4 Å². The SMILES string of the molecule is O=[N+]([O-])c1cn2c(n1)OC[C@@H](NCc1ccc(OC(F)(F)F)cc1Oc1ccccc1)C2. The average molecular weight is 450 g/mol. The molecule has 0 saturated heterocycles. The Balaban J connectivity index is 1.48. The Morgan fingerprint density at radius 1 is 1.22 bits per heavy atom. The van der Waals surface area contributed by atoms with Gasteiger partial charge >= 0.3 is 18.2 Å². The van der Waals surface area contributed by atoms with E-state index in [2.05, 4.69) is 15.0 Å². The molecule has 0 aliphatic carbocycles. The lowest BCUT2D eigenvalue weighted by Gasteiger charge is -2.23. The van der Waals surface area contributed by atoms with Crippen LogP contribution in [0.25, 0.3) is 0 Å². The molecule has 3 aromatic rings. The van der Waals surface area contributed by atoms with Crippen LogP contribution in [0, 0.1) is 10.1 Å². The number of fused-ring (bicyclic) bond motifs is 1. The fourth-order valence-corrected chi connectivity index (χ4v) is 3.15. The van der Waals surface area contributed by atoms with Crippen LogP contribution in [0.15, 0.2) is 54.7 Å². The molecule has 1 aromatic heterocycles. The van der Waals surface area contributed by atoms with Gasteiger partial charge in [-0.25, -0.2) is 0 Å². The smallest absolute Gasteiger partial charge is 0.457 e. The Hall–Kier alpha value is -3.80. The summed E-state index contributed by atoms with van der Waals surface area (Å²) in [4.78, 5) is 14.1. The predicted octanol–water partition coefficient (Wildman–Crippen LogP) is 4.03.